The lowest BCUT2D eigenvalue weighted by molar-refractivity contribution is 0.340. The fourth-order valence-electron chi connectivity index (χ4n) is 0.897. The molecule has 0 fully saturated rings. The van der Waals surface area contributed by atoms with Crippen molar-refractivity contribution in [3.63, 3.8) is 0 Å². The average molecular weight is 173 g/mol. The van der Waals surface area contributed by atoms with E-state index in [2.05, 4.69) is 0 Å². The summed E-state index contributed by atoms with van der Waals surface area (Å²) in [4.78, 5) is 0. The van der Waals surface area contributed by atoms with E-state index < -0.39 is 12.0 Å². The molecule has 1 aromatic carbocycles. The molecule has 1 atom stereocenters. The van der Waals surface area contributed by atoms with Gasteiger partial charge < -0.3 is 10.8 Å². The van der Waals surface area contributed by atoms with Crippen LogP contribution in [0.5, 0.6) is 5.75 Å². The second-order valence-electron chi connectivity index (χ2n) is 2.41. The van der Waals surface area contributed by atoms with Crippen LogP contribution in [-0.2, 0) is 0 Å². The van der Waals surface area contributed by atoms with E-state index in [1.165, 1.54) is 12.1 Å². The minimum atomic E-state index is -1.51. The zero-order valence-electron chi connectivity index (χ0n) is 6.30. The molecule has 1 unspecified atom stereocenters. The smallest absolute Gasteiger partial charge is 0.140 e. The van der Waals surface area contributed by atoms with Gasteiger partial charge in [-0.2, -0.15) is 0 Å². The van der Waals surface area contributed by atoms with Crippen LogP contribution in [0.25, 0.3) is 0 Å². The summed E-state index contributed by atoms with van der Waals surface area (Å²) >= 11 is 0. The van der Waals surface area contributed by atoms with E-state index in [0.29, 0.717) is 0 Å². The van der Waals surface area contributed by atoms with Gasteiger partial charge in [0.05, 0.1) is 0 Å². The quantitative estimate of drug-likeness (QED) is 0.711. The Hall–Kier alpha value is -1.16. The summed E-state index contributed by atoms with van der Waals surface area (Å²) in [5, 5.41) is 8.80. The minimum absolute atomic E-state index is 0.115. The van der Waals surface area contributed by atoms with Gasteiger partial charge in [0.15, 0.2) is 0 Å². The van der Waals surface area contributed by atoms with E-state index in [1.54, 1.807) is 0 Å². The molecular weight excluding hydrogens is 164 g/mol. The van der Waals surface area contributed by atoms with Gasteiger partial charge in [0.25, 0.3) is 0 Å². The molecule has 0 saturated carbocycles. The molecule has 0 bridgehead atoms. The van der Waals surface area contributed by atoms with Crippen molar-refractivity contribution in [2.75, 3.05) is 6.54 Å². The highest BCUT2D eigenvalue weighted by Crippen LogP contribution is 2.22. The highest BCUT2D eigenvalue weighted by molar-refractivity contribution is 5.29. The van der Waals surface area contributed by atoms with E-state index >= 15 is 0 Å². The van der Waals surface area contributed by atoms with Gasteiger partial charge in [-0.25, -0.2) is 8.78 Å². The van der Waals surface area contributed by atoms with Gasteiger partial charge in [-0.15, -0.1) is 0 Å². The first kappa shape index (κ1) is 8.93. The largest absolute Gasteiger partial charge is 0.508 e. The molecule has 3 N–H and O–H groups in total. The Bertz CT molecular complexity index is 278. The molecule has 0 heterocycles. The zero-order chi connectivity index (χ0) is 9.14. The second kappa shape index (κ2) is 3.49. The molecule has 0 saturated heterocycles. The average Bonchev–Trinajstić information content (AvgIpc) is 2.03. The van der Waals surface area contributed by atoms with E-state index in [-0.39, 0.29) is 17.9 Å². The van der Waals surface area contributed by atoms with Crippen molar-refractivity contribution in [2.24, 2.45) is 5.73 Å². The Balaban J connectivity index is 3.01. The van der Waals surface area contributed by atoms with Crippen molar-refractivity contribution in [1.29, 1.82) is 0 Å². The third kappa shape index (κ3) is 1.71. The topological polar surface area (TPSA) is 46.2 Å². The van der Waals surface area contributed by atoms with Crippen LogP contribution in [0.3, 0.4) is 0 Å². The van der Waals surface area contributed by atoms with Crippen molar-refractivity contribution in [3.8, 4) is 5.75 Å². The highest BCUT2D eigenvalue weighted by Gasteiger charge is 2.12. The molecule has 0 aromatic heterocycles. The first-order chi connectivity index (χ1) is 5.65. The maximum Gasteiger partial charge on any atom is 0.140 e. The third-order valence-corrected chi connectivity index (χ3v) is 1.53. The second-order valence-corrected chi connectivity index (χ2v) is 2.41. The monoisotopic (exact) mass is 173 g/mol. The summed E-state index contributed by atoms with van der Waals surface area (Å²) in [6.45, 7) is -0.262. The van der Waals surface area contributed by atoms with E-state index in [1.807, 2.05) is 0 Å². The van der Waals surface area contributed by atoms with E-state index in [0.717, 1.165) is 6.07 Å². The first-order valence-corrected chi connectivity index (χ1v) is 3.47. The Kier molecular flexibility index (Phi) is 2.60. The van der Waals surface area contributed by atoms with Crippen LogP contribution in [0.15, 0.2) is 18.2 Å². The Morgan fingerprint density at radius 3 is 2.67 bits per heavy atom. The molecule has 66 valence electrons. The van der Waals surface area contributed by atoms with Crippen LogP contribution >= 0.6 is 0 Å². The fourth-order valence-corrected chi connectivity index (χ4v) is 0.897. The third-order valence-electron chi connectivity index (χ3n) is 1.53. The molecule has 12 heavy (non-hydrogen) atoms. The molecular formula is C8H9F2NO. The van der Waals surface area contributed by atoms with Gasteiger partial charge in [0.1, 0.15) is 17.7 Å². The van der Waals surface area contributed by atoms with Gasteiger partial charge in [-0.05, 0) is 12.1 Å². The summed E-state index contributed by atoms with van der Waals surface area (Å²) < 4.78 is 25.6. The molecule has 0 spiro atoms. The molecule has 0 radical (unpaired) electrons. The number of halogens is 2. The molecule has 1 rings (SSSR count). The van der Waals surface area contributed by atoms with Gasteiger partial charge in [-0.3, -0.25) is 0 Å². The molecule has 0 aliphatic carbocycles. The van der Waals surface area contributed by atoms with Crippen molar-refractivity contribution in [2.45, 2.75) is 6.17 Å². The molecule has 0 amide bonds. The van der Waals surface area contributed by atoms with E-state index in [4.69, 9.17) is 10.8 Å². The van der Waals surface area contributed by atoms with Gasteiger partial charge in [0, 0.05) is 18.2 Å². The Morgan fingerprint density at radius 2 is 2.17 bits per heavy atom. The molecule has 2 nitrogen and oxygen atoms in total. The summed E-state index contributed by atoms with van der Waals surface area (Å²) in [6.07, 6.45) is -1.51. The fraction of sp³-hybridized carbons (Fsp3) is 0.250. The number of alkyl halides is 1. The molecule has 4 heteroatoms. The highest BCUT2D eigenvalue weighted by atomic mass is 19.1. The number of aromatic hydroxyl groups is 1. The lowest BCUT2D eigenvalue weighted by Crippen LogP contribution is -2.09. The molecule has 1 aromatic rings. The summed E-state index contributed by atoms with van der Waals surface area (Å²) in [5.74, 6) is -0.992. The number of nitrogens with two attached hydrogens (primary N) is 1. The van der Waals surface area contributed by atoms with Crippen molar-refractivity contribution in [1.82, 2.24) is 0 Å². The van der Waals surface area contributed by atoms with Gasteiger partial charge in [0.2, 0.25) is 0 Å². The minimum Gasteiger partial charge on any atom is -0.508 e. The van der Waals surface area contributed by atoms with Crippen LogP contribution in [0.2, 0.25) is 0 Å². The van der Waals surface area contributed by atoms with Crippen LogP contribution < -0.4 is 5.73 Å². The SMILES string of the molecule is NCC(F)c1ccc(O)cc1F. The number of phenolic OH excluding ortho intramolecular Hbond substituents is 1. The van der Waals surface area contributed by atoms with E-state index in [9.17, 15) is 8.78 Å². The first-order valence-electron chi connectivity index (χ1n) is 3.47. The molecule has 0 aliphatic heterocycles. The van der Waals surface area contributed by atoms with Crippen LogP contribution in [0.1, 0.15) is 11.7 Å². The van der Waals surface area contributed by atoms with Crippen LogP contribution in [0, 0.1) is 5.82 Å². The summed E-state index contributed by atoms with van der Waals surface area (Å²) in [5.41, 5.74) is 4.89. The number of phenols is 1. The van der Waals surface area contributed by atoms with Gasteiger partial charge in [-0.1, -0.05) is 0 Å². The Morgan fingerprint density at radius 1 is 1.50 bits per heavy atom. The lowest BCUT2D eigenvalue weighted by atomic mass is 10.1. The maximum absolute atomic E-state index is 12.8. The number of rotatable bonds is 2. The predicted octanol–water partition coefficient (Wildman–Crippen LogP) is 1.50. The number of hydrogen-bond donors (Lipinski definition) is 2. The number of hydrogen-bond acceptors (Lipinski definition) is 2. The van der Waals surface area contributed by atoms with Crippen molar-refractivity contribution < 1.29 is 13.9 Å². The predicted molar refractivity (Wildman–Crippen MR) is 41.0 cm³/mol. The normalized spacial score (nSPS) is 12.9. The van der Waals surface area contributed by atoms with Crippen LogP contribution in [0.4, 0.5) is 8.78 Å². The van der Waals surface area contributed by atoms with Crippen LogP contribution in [-0.4, -0.2) is 11.7 Å². The van der Waals surface area contributed by atoms with Crippen molar-refractivity contribution in [3.05, 3.63) is 29.6 Å². The summed E-state index contributed by atoms with van der Waals surface area (Å²) in [6, 6.07) is 3.26. The van der Waals surface area contributed by atoms with Gasteiger partial charge >= 0.3 is 0 Å². The maximum atomic E-state index is 12.8. The molecule has 0 aliphatic rings. The number of benzene rings is 1. The zero-order valence-corrected chi connectivity index (χ0v) is 6.30. The lowest BCUT2D eigenvalue weighted by Gasteiger charge is -2.06. The summed E-state index contributed by atoms with van der Waals surface area (Å²) in [7, 11) is 0. The van der Waals surface area contributed by atoms with Crippen molar-refractivity contribution >= 4 is 0 Å². The standard InChI is InChI=1S/C8H9F2NO/c9-7-3-5(12)1-2-6(7)8(10)4-11/h1-3,8,12H,4,11H2. The Labute approximate surface area is 68.6 Å².